The van der Waals surface area contributed by atoms with Gasteiger partial charge in [-0.05, 0) is 17.5 Å². The molecule has 0 spiro atoms. The van der Waals surface area contributed by atoms with Crippen LogP contribution in [0, 0.1) is 5.41 Å². The summed E-state index contributed by atoms with van der Waals surface area (Å²) in [5, 5.41) is 5.42. The Morgan fingerprint density at radius 3 is 1.92 bits per heavy atom. The molecule has 1 aromatic carbocycles. The summed E-state index contributed by atoms with van der Waals surface area (Å²) in [6, 6.07) is 6.62. The van der Waals surface area contributed by atoms with Crippen molar-refractivity contribution in [3.05, 3.63) is 35.4 Å². The van der Waals surface area contributed by atoms with Gasteiger partial charge in [0, 0.05) is 32.5 Å². The number of hydrogen-bond acceptors (Lipinski definition) is 4. The molecule has 140 valence electrons. The summed E-state index contributed by atoms with van der Waals surface area (Å²) >= 11 is 0. The van der Waals surface area contributed by atoms with E-state index in [1.807, 2.05) is 20.8 Å². The van der Waals surface area contributed by atoms with Crippen LogP contribution in [0.2, 0.25) is 0 Å². The first-order valence-corrected chi connectivity index (χ1v) is 8.68. The highest BCUT2D eigenvalue weighted by Crippen LogP contribution is 2.22. The lowest BCUT2D eigenvalue weighted by Crippen LogP contribution is -2.38. The van der Waals surface area contributed by atoms with Crippen molar-refractivity contribution in [3.63, 3.8) is 0 Å². The molecule has 0 fully saturated rings. The second-order valence-corrected chi connectivity index (χ2v) is 7.49. The van der Waals surface area contributed by atoms with Crippen molar-refractivity contribution in [2.24, 2.45) is 5.41 Å². The van der Waals surface area contributed by atoms with E-state index in [0.29, 0.717) is 30.6 Å². The zero-order valence-electron chi connectivity index (χ0n) is 15.4. The van der Waals surface area contributed by atoms with E-state index in [-0.39, 0.29) is 42.0 Å². The van der Waals surface area contributed by atoms with Crippen molar-refractivity contribution in [1.29, 1.82) is 0 Å². The van der Waals surface area contributed by atoms with Crippen molar-refractivity contribution in [1.82, 2.24) is 15.5 Å². The minimum absolute atomic E-state index is 0.0292. The van der Waals surface area contributed by atoms with Crippen molar-refractivity contribution in [3.8, 4) is 0 Å². The maximum Gasteiger partial charge on any atom is 0.261 e. The quantitative estimate of drug-likeness (QED) is 0.567. The van der Waals surface area contributed by atoms with Gasteiger partial charge in [0.25, 0.3) is 11.8 Å². The highest BCUT2D eigenvalue weighted by molar-refractivity contribution is 6.21. The van der Waals surface area contributed by atoms with E-state index >= 15 is 0 Å². The SMILES string of the molecule is CC(C)(C)CC(=O)NCCNC(=O)CCN1C(=O)c2ccccc2C1=O. The van der Waals surface area contributed by atoms with Crippen LogP contribution in [-0.4, -0.2) is 48.2 Å². The first kappa shape index (κ1) is 19.6. The molecule has 1 aliphatic rings. The molecule has 0 saturated heterocycles. The van der Waals surface area contributed by atoms with Crippen LogP contribution in [-0.2, 0) is 9.59 Å². The lowest BCUT2D eigenvalue weighted by Gasteiger charge is -2.17. The van der Waals surface area contributed by atoms with Gasteiger partial charge in [-0.25, -0.2) is 0 Å². The van der Waals surface area contributed by atoms with E-state index in [1.54, 1.807) is 24.3 Å². The second-order valence-electron chi connectivity index (χ2n) is 7.49. The molecule has 0 radical (unpaired) electrons. The number of imide groups is 1. The van der Waals surface area contributed by atoms with Crippen molar-refractivity contribution >= 4 is 23.6 Å². The Balaban J connectivity index is 1.69. The maximum absolute atomic E-state index is 12.2. The topological polar surface area (TPSA) is 95.6 Å². The van der Waals surface area contributed by atoms with Gasteiger partial charge in [0.1, 0.15) is 0 Å². The van der Waals surface area contributed by atoms with Gasteiger partial charge in [0.15, 0.2) is 0 Å². The Morgan fingerprint density at radius 1 is 0.923 bits per heavy atom. The van der Waals surface area contributed by atoms with E-state index in [9.17, 15) is 19.2 Å². The summed E-state index contributed by atoms with van der Waals surface area (Å²) in [5.41, 5.74) is 0.665. The maximum atomic E-state index is 12.2. The fourth-order valence-corrected chi connectivity index (χ4v) is 2.69. The molecule has 0 aromatic heterocycles. The molecule has 0 unspecified atom stereocenters. The summed E-state index contributed by atoms with van der Waals surface area (Å²) < 4.78 is 0. The first-order chi connectivity index (χ1) is 12.2. The highest BCUT2D eigenvalue weighted by Gasteiger charge is 2.34. The summed E-state index contributed by atoms with van der Waals surface area (Å²) in [4.78, 5) is 49.0. The van der Waals surface area contributed by atoms with Gasteiger partial charge in [0.05, 0.1) is 11.1 Å². The predicted molar refractivity (Wildman–Crippen MR) is 96.5 cm³/mol. The first-order valence-electron chi connectivity index (χ1n) is 8.68. The number of nitrogens with zero attached hydrogens (tertiary/aromatic N) is 1. The van der Waals surface area contributed by atoms with E-state index in [0.717, 1.165) is 4.90 Å². The van der Waals surface area contributed by atoms with Crippen LogP contribution >= 0.6 is 0 Å². The molecule has 0 atom stereocenters. The lowest BCUT2D eigenvalue weighted by atomic mass is 9.92. The van der Waals surface area contributed by atoms with Crippen LogP contribution in [0.3, 0.4) is 0 Å². The molecule has 2 rings (SSSR count). The molecule has 0 aliphatic carbocycles. The average molecular weight is 359 g/mol. The summed E-state index contributed by atoms with van der Waals surface area (Å²) in [5.74, 6) is -1.06. The van der Waals surface area contributed by atoms with Gasteiger partial charge in [-0.15, -0.1) is 0 Å². The smallest absolute Gasteiger partial charge is 0.261 e. The molecule has 4 amide bonds. The minimum Gasteiger partial charge on any atom is -0.354 e. The molecule has 1 heterocycles. The van der Waals surface area contributed by atoms with E-state index in [1.165, 1.54) is 0 Å². The standard InChI is InChI=1S/C19H25N3O4/c1-19(2,3)12-16(24)21-10-9-20-15(23)8-11-22-17(25)13-6-4-5-7-14(13)18(22)26/h4-7H,8-12H2,1-3H3,(H,20,23)(H,21,24). The van der Waals surface area contributed by atoms with Crippen molar-refractivity contribution in [2.75, 3.05) is 19.6 Å². The average Bonchev–Trinajstić information content (AvgIpc) is 2.80. The molecule has 0 bridgehead atoms. The largest absolute Gasteiger partial charge is 0.354 e. The fourth-order valence-electron chi connectivity index (χ4n) is 2.69. The number of nitrogens with one attached hydrogen (secondary N) is 2. The van der Waals surface area contributed by atoms with Gasteiger partial charge < -0.3 is 10.6 Å². The molecule has 1 aliphatic heterocycles. The molecular weight excluding hydrogens is 334 g/mol. The lowest BCUT2D eigenvalue weighted by molar-refractivity contribution is -0.124. The van der Waals surface area contributed by atoms with Crippen LogP contribution < -0.4 is 10.6 Å². The molecule has 7 nitrogen and oxygen atoms in total. The molecule has 1 aromatic rings. The summed E-state index contributed by atoms with van der Waals surface area (Å²) in [7, 11) is 0. The number of rotatable bonds is 7. The van der Waals surface area contributed by atoms with E-state index < -0.39 is 0 Å². The Kier molecular flexibility index (Phi) is 6.13. The minimum atomic E-state index is -0.368. The predicted octanol–water partition coefficient (Wildman–Crippen LogP) is 1.34. The number of fused-ring (bicyclic) bond motifs is 1. The summed E-state index contributed by atoms with van der Waals surface area (Å²) in [6.07, 6.45) is 0.447. The Bertz CT molecular complexity index is 687. The third-order valence-electron chi connectivity index (χ3n) is 3.90. The number of hydrogen-bond donors (Lipinski definition) is 2. The zero-order valence-corrected chi connectivity index (χ0v) is 15.4. The molecular formula is C19H25N3O4. The van der Waals surface area contributed by atoms with E-state index in [4.69, 9.17) is 0 Å². The van der Waals surface area contributed by atoms with Crippen LogP contribution in [0.4, 0.5) is 0 Å². The van der Waals surface area contributed by atoms with Crippen molar-refractivity contribution in [2.45, 2.75) is 33.6 Å². The van der Waals surface area contributed by atoms with Gasteiger partial charge >= 0.3 is 0 Å². The number of benzene rings is 1. The Hall–Kier alpha value is -2.70. The summed E-state index contributed by atoms with van der Waals surface area (Å²) in [6.45, 7) is 6.62. The monoisotopic (exact) mass is 359 g/mol. The van der Waals surface area contributed by atoms with Crippen LogP contribution in [0.1, 0.15) is 54.3 Å². The van der Waals surface area contributed by atoms with Gasteiger partial charge in [-0.2, -0.15) is 0 Å². The van der Waals surface area contributed by atoms with Gasteiger partial charge in [0.2, 0.25) is 11.8 Å². The second kappa shape index (κ2) is 8.12. The Labute approximate surface area is 153 Å². The van der Waals surface area contributed by atoms with Gasteiger partial charge in [-0.1, -0.05) is 32.9 Å². The molecule has 2 N–H and O–H groups in total. The third-order valence-corrected chi connectivity index (χ3v) is 3.90. The number of carbonyl (C=O) groups excluding carboxylic acids is 4. The normalized spacial score (nSPS) is 13.6. The highest BCUT2D eigenvalue weighted by atomic mass is 16.2. The van der Waals surface area contributed by atoms with E-state index in [2.05, 4.69) is 10.6 Å². The van der Waals surface area contributed by atoms with Gasteiger partial charge in [-0.3, -0.25) is 24.1 Å². The van der Waals surface area contributed by atoms with Crippen LogP contribution in [0.15, 0.2) is 24.3 Å². The number of carbonyl (C=O) groups is 4. The molecule has 0 saturated carbocycles. The van der Waals surface area contributed by atoms with Crippen LogP contribution in [0.5, 0.6) is 0 Å². The third kappa shape index (κ3) is 5.15. The molecule has 7 heteroatoms. The van der Waals surface area contributed by atoms with Crippen LogP contribution in [0.25, 0.3) is 0 Å². The fraction of sp³-hybridized carbons (Fsp3) is 0.474. The molecule has 26 heavy (non-hydrogen) atoms. The number of amides is 4. The Morgan fingerprint density at radius 2 is 1.42 bits per heavy atom. The zero-order chi connectivity index (χ0) is 19.3. The van der Waals surface area contributed by atoms with Crippen molar-refractivity contribution < 1.29 is 19.2 Å².